The van der Waals surface area contributed by atoms with Crippen LogP contribution >= 0.6 is 11.8 Å². The first-order valence-corrected chi connectivity index (χ1v) is 9.65. The number of sulfonamides is 1. The van der Waals surface area contributed by atoms with Crippen molar-refractivity contribution in [3.63, 3.8) is 0 Å². The second-order valence-corrected chi connectivity index (χ2v) is 8.13. The van der Waals surface area contributed by atoms with Crippen molar-refractivity contribution < 1.29 is 51.6 Å². The summed E-state index contributed by atoms with van der Waals surface area (Å²) >= 11 is 0.906. The van der Waals surface area contributed by atoms with E-state index in [-0.39, 0.29) is 45.9 Å². The summed E-state index contributed by atoms with van der Waals surface area (Å²) in [6.07, 6.45) is 1.83. The van der Waals surface area contributed by atoms with E-state index in [1.165, 1.54) is 12.1 Å². The Morgan fingerprint density at radius 2 is 1.80 bits per heavy atom. The van der Waals surface area contributed by atoms with Crippen molar-refractivity contribution in [3.8, 4) is 0 Å². The maximum absolute atomic E-state index is 13.9. The maximum Gasteiger partial charge on any atom is 1.00 e. The number of Topliss-reactive ketones (excluding diaryl/α,β-unsaturated/α-hetero) is 1. The summed E-state index contributed by atoms with van der Waals surface area (Å²) in [4.78, 5) is 12.3. The van der Waals surface area contributed by atoms with E-state index >= 15 is 0 Å². The number of halogens is 2. The summed E-state index contributed by atoms with van der Waals surface area (Å²) < 4.78 is 53.6. The predicted octanol–water partition coefficient (Wildman–Crippen LogP) is 1.21. The largest absolute Gasteiger partial charge is 1.00 e. The fraction of sp³-hybridized carbons (Fsp3) is 0.188. The van der Waals surface area contributed by atoms with E-state index in [4.69, 9.17) is 0 Å². The minimum absolute atomic E-state index is 0. The Kier molecular flexibility index (Phi) is 6.32. The third kappa shape index (κ3) is 4.83. The summed E-state index contributed by atoms with van der Waals surface area (Å²) in [5.74, 6) is -1.52. The van der Waals surface area contributed by atoms with Crippen molar-refractivity contribution in [3.05, 3.63) is 57.8 Å². The van der Waals surface area contributed by atoms with Crippen LogP contribution in [0.2, 0.25) is 0 Å². The molecule has 9 heteroatoms. The van der Waals surface area contributed by atoms with Crippen molar-refractivity contribution in [2.45, 2.75) is 22.6 Å². The average molecular weight is 391 g/mol. The number of nitrogens with zero attached hydrogens (tertiary/aromatic N) is 1. The summed E-state index contributed by atoms with van der Waals surface area (Å²) in [7, 11) is -3.67. The molecule has 0 heterocycles. The van der Waals surface area contributed by atoms with Gasteiger partial charge >= 0.3 is 29.6 Å². The van der Waals surface area contributed by atoms with E-state index in [1.807, 2.05) is 0 Å². The number of aryl methyl sites for hydroxylation is 1. The van der Waals surface area contributed by atoms with Gasteiger partial charge in [-0.25, -0.2) is 17.2 Å². The van der Waals surface area contributed by atoms with E-state index in [0.717, 1.165) is 35.7 Å². The van der Waals surface area contributed by atoms with E-state index in [9.17, 15) is 22.0 Å². The monoisotopic (exact) mass is 391 g/mol. The third-order valence-electron chi connectivity index (χ3n) is 3.48. The quantitative estimate of drug-likeness (QED) is 0.735. The zero-order chi connectivity index (χ0) is 17.5. The number of hydrogen-bond donors (Lipinski definition) is 0. The maximum atomic E-state index is 13.9. The van der Waals surface area contributed by atoms with Crippen LogP contribution < -0.4 is 29.6 Å². The van der Waals surface area contributed by atoms with Gasteiger partial charge in [0.05, 0.1) is 10.0 Å². The molecule has 25 heavy (non-hydrogen) atoms. The van der Waals surface area contributed by atoms with E-state index in [2.05, 4.69) is 4.72 Å². The van der Waals surface area contributed by atoms with Gasteiger partial charge in [0, 0.05) is 29.2 Å². The van der Waals surface area contributed by atoms with E-state index in [1.54, 1.807) is 6.07 Å². The zero-order valence-electron chi connectivity index (χ0n) is 13.5. The van der Waals surface area contributed by atoms with Gasteiger partial charge in [-0.15, -0.1) is 5.69 Å². The molecular weight excluding hydrogens is 379 g/mol. The summed E-state index contributed by atoms with van der Waals surface area (Å²) in [6, 6.07) is 6.19. The second kappa shape index (κ2) is 7.75. The molecule has 0 spiro atoms. The molecule has 0 bridgehead atoms. The van der Waals surface area contributed by atoms with Crippen LogP contribution in [-0.2, 0) is 16.4 Å². The topological polar surface area (TPSA) is 65.3 Å². The first-order chi connectivity index (χ1) is 11.2. The standard InChI is InChI=1S/C16H13F2NO3S2.Na/c1-24(21,22)19-13-6-9-2-4-14(20)11(9)8-16(13)23-15-5-3-10(17)7-12(15)18;/h3,5-8H,2,4H2,1H3,(H,19,20);/q;+1/p-1. The minimum atomic E-state index is -3.67. The molecule has 0 atom stereocenters. The van der Waals surface area contributed by atoms with Crippen molar-refractivity contribution in [1.82, 2.24) is 0 Å². The number of rotatable bonds is 4. The Labute approximate surface area is 170 Å². The number of ketones is 1. The van der Waals surface area contributed by atoms with Gasteiger partial charge in [-0.2, -0.15) is 0 Å². The number of fused-ring (bicyclic) bond motifs is 1. The van der Waals surface area contributed by atoms with Crippen molar-refractivity contribution in [2.24, 2.45) is 0 Å². The fourth-order valence-electron chi connectivity index (χ4n) is 2.47. The minimum Gasteiger partial charge on any atom is -0.576 e. The van der Waals surface area contributed by atoms with Gasteiger partial charge in [-0.1, -0.05) is 17.8 Å². The molecular formula is C16H12F2NNaO3S2. The first-order valence-electron chi connectivity index (χ1n) is 6.99. The van der Waals surface area contributed by atoms with Crippen molar-refractivity contribution in [2.75, 3.05) is 6.26 Å². The molecule has 0 unspecified atom stereocenters. The Morgan fingerprint density at radius 1 is 1.08 bits per heavy atom. The number of benzene rings is 2. The van der Waals surface area contributed by atoms with Gasteiger partial charge in [0.1, 0.15) is 11.6 Å². The van der Waals surface area contributed by atoms with Gasteiger partial charge in [-0.3, -0.25) is 4.79 Å². The molecule has 4 nitrogen and oxygen atoms in total. The van der Waals surface area contributed by atoms with Crippen molar-refractivity contribution in [1.29, 1.82) is 0 Å². The van der Waals surface area contributed by atoms with Gasteiger partial charge in [0.2, 0.25) is 0 Å². The molecule has 0 N–H and O–H groups in total. The molecule has 2 aromatic carbocycles. The van der Waals surface area contributed by atoms with Crippen LogP contribution in [0.1, 0.15) is 22.3 Å². The number of hydrogen-bond acceptors (Lipinski definition) is 4. The zero-order valence-corrected chi connectivity index (χ0v) is 17.2. The molecule has 0 aliphatic heterocycles. The van der Waals surface area contributed by atoms with E-state index in [0.29, 0.717) is 23.3 Å². The Morgan fingerprint density at radius 3 is 2.44 bits per heavy atom. The van der Waals surface area contributed by atoms with E-state index < -0.39 is 21.7 Å². The van der Waals surface area contributed by atoms with Crippen LogP contribution in [0.3, 0.4) is 0 Å². The molecule has 126 valence electrons. The van der Waals surface area contributed by atoms with Gasteiger partial charge < -0.3 is 4.72 Å². The average Bonchev–Trinajstić information content (AvgIpc) is 2.81. The molecule has 3 rings (SSSR count). The van der Waals surface area contributed by atoms with Crippen LogP contribution in [-0.4, -0.2) is 20.5 Å². The van der Waals surface area contributed by atoms with Crippen LogP contribution in [0.15, 0.2) is 40.1 Å². The molecule has 0 saturated heterocycles. The molecule has 0 radical (unpaired) electrons. The van der Waals surface area contributed by atoms with Crippen LogP contribution in [0.5, 0.6) is 0 Å². The Balaban J connectivity index is 0.00000225. The molecule has 0 amide bonds. The Hall–Kier alpha value is -0.930. The van der Waals surface area contributed by atoms with Crippen LogP contribution in [0.4, 0.5) is 14.5 Å². The Bertz CT molecular complexity index is 949. The van der Waals surface area contributed by atoms with Crippen LogP contribution in [0.25, 0.3) is 4.72 Å². The van der Waals surface area contributed by atoms with Crippen LogP contribution in [0, 0.1) is 11.6 Å². The van der Waals surface area contributed by atoms with Gasteiger partial charge in [0.25, 0.3) is 0 Å². The van der Waals surface area contributed by atoms with Gasteiger partial charge in [0.15, 0.2) is 5.78 Å². The summed E-state index contributed by atoms with van der Waals surface area (Å²) in [5, 5.41) is 0. The molecule has 0 saturated carbocycles. The normalized spacial score (nSPS) is 13.3. The SMILES string of the molecule is CS(=O)(=O)[N-]c1cc2c(cc1Sc1ccc(F)cc1F)C(=O)CC2.[Na+]. The molecule has 2 aromatic rings. The number of carbonyl (C=O) groups is 1. The number of carbonyl (C=O) groups excluding carboxylic acids is 1. The molecule has 1 aliphatic rings. The van der Waals surface area contributed by atoms with Crippen molar-refractivity contribution >= 4 is 33.3 Å². The summed E-state index contributed by atoms with van der Waals surface area (Å²) in [5.41, 5.74) is 1.37. The smallest absolute Gasteiger partial charge is 0.576 e. The fourth-order valence-corrected chi connectivity index (χ4v) is 3.95. The molecule has 1 aliphatic carbocycles. The first kappa shape index (κ1) is 20.4. The molecule has 0 aromatic heterocycles. The predicted molar refractivity (Wildman–Crippen MR) is 87.4 cm³/mol. The third-order valence-corrected chi connectivity index (χ3v) is 5.11. The second-order valence-electron chi connectivity index (χ2n) is 5.40. The molecule has 0 fully saturated rings. The summed E-state index contributed by atoms with van der Waals surface area (Å²) in [6.45, 7) is 0. The van der Waals surface area contributed by atoms with Gasteiger partial charge in [-0.05, 0) is 35.1 Å².